The van der Waals surface area contributed by atoms with E-state index in [4.69, 9.17) is 0 Å². The van der Waals surface area contributed by atoms with E-state index in [9.17, 15) is 18.7 Å². The van der Waals surface area contributed by atoms with Gasteiger partial charge in [0.2, 0.25) is 0 Å². The molecule has 0 bridgehead atoms. The minimum absolute atomic E-state index is 0.0719. The molecule has 2 aromatic carbocycles. The molecule has 0 fully saturated rings. The number of halogens is 3. The van der Waals surface area contributed by atoms with Gasteiger partial charge in [-0.15, -0.1) is 0 Å². The molecule has 0 aliphatic rings. The average Bonchev–Trinajstić information content (AvgIpc) is 2.37. The van der Waals surface area contributed by atoms with Gasteiger partial charge >= 0.3 is 0 Å². The zero-order chi connectivity index (χ0) is 14.0. The topological polar surface area (TPSA) is 49.3 Å². The molecule has 0 saturated carbocycles. The van der Waals surface area contributed by atoms with Crippen molar-refractivity contribution in [2.75, 3.05) is 5.32 Å². The van der Waals surface area contributed by atoms with E-state index in [1.807, 2.05) is 0 Å². The number of rotatable bonds is 2. The van der Waals surface area contributed by atoms with E-state index in [0.29, 0.717) is 4.47 Å². The van der Waals surface area contributed by atoms with Crippen molar-refractivity contribution >= 4 is 27.5 Å². The van der Waals surface area contributed by atoms with E-state index in [2.05, 4.69) is 21.2 Å². The Kier molecular flexibility index (Phi) is 3.80. The number of phenols is 1. The number of amides is 1. The Morgan fingerprint density at radius 2 is 1.79 bits per heavy atom. The number of benzene rings is 2. The van der Waals surface area contributed by atoms with Crippen molar-refractivity contribution in [2.24, 2.45) is 0 Å². The summed E-state index contributed by atoms with van der Waals surface area (Å²) in [4.78, 5) is 11.9. The molecule has 98 valence electrons. The van der Waals surface area contributed by atoms with E-state index in [-0.39, 0.29) is 11.3 Å². The third-order valence-electron chi connectivity index (χ3n) is 2.40. The first kappa shape index (κ1) is 13.5. The Balaban J connectivity index is 2.34. The molecule has 0 aliphatic carbocycles. The predicted octanol–water partition coefficient (Wildman–Crippen LogP) is 3.69. The van der Waals surface area contributed by atoms with E-state index in [0.717, 1.165) is 12.1 Å². The van der Waals surface area contributed by atoms with Crippen molar-refractivity contribution in [3.05, 3.63) is 58.1 Å². The van der Waals surface area contributed by atoms with Crippen LogP contribution in [0.25, 0.3) is 0 Å². The Morgan fingerprint density at radius 3 is 2.42 bits per heavy atom. The molecule has 0 radical (unpaired) electrons. The molecule has 0 aromatic heterocycles. The van der Waals surface area contributed by atoms with Crippen LogP contribution >= 0.6 is 15.9 Å². The molecule has 0 aliphatic heterocycles. The number of aromatic hydroxyl groups is 1. The Hall–Kier alpha value is -1.95. The summed E-state index contributed by atoms with van der Waals surface area (Å²) >= 11 is 3.12. The minimum Gasteiger partial charge on any atom is -0.508 e. The fourth-order valence-electron chi connectivity index (χ4n) is 1.49. The third kappa shape index (κ3) is 2.90. The zero-order valence-electron chi connectivity index (χ0n) is 9.45. The van der Waals surface area contributed by atoms with Crippen LogP contribution in [-0.4, -0.2) is 11.0 Å². The fraction of sp³-hybridized carbons (Fsp3) is 0. The van der Waals surface area contributed by atoms with E-state index in [1.54, 1.807) is 0 Å². The monoisotopic (exact) mass is 327 g/mol. The fourth-order valence-corrected chi connectivity index (χ4v) is 1.91. The summed E-state index contributed by atoms with van der Waals surface area (Å²) in [6.07, 6.45) is 0. The highest BCUT2D eigenvalue weighted by atomic mass is 79.9. The third-order valence-corrected chi connectivity index (χ3v) is 3.09. The minimum atomic E-state index is -0.871. The smallest absolute Gasteiger partial charge is 0.257 e. The van der Waals surface area contributed by atoms with Gasteiger partial charge in [-0.05, 0) is 46.3 Å². The molecular weight excluding hydrogens is 320 g/mol. The second-order valence-corrected chi connectivity index (χ2v) is 4.57. The van der Waals surface area contributed by atoms with Crippen LogP contribution in [0.4, 0.5) is 14.5 Å². The molecular formula is C13H8BrF2NO2. The lowest BCUT2D eigenvalue weighted by molar-refractivity contribution is 0.102. The molecule has 2 rings (SSSR count). The molecule has 2 N–H and O–H groups in total. The quantitative estimate of drug-likeness (QED) is 0.883. The van der Waals surface area contributed by atoms with Crippen molar-refractivity contribution < 1.29 is 18.7 Å². The number of para-hydroxylation sites is 1. The molecule has 6 heteroatoms. The summed E-state index contributed by atoms with van der Waals surface area (Å²) in [5, 5.41) is 11.4. The van der Waals surface area contributed by atoms with Crippen LogP contribution in [0.15, 0.2) is 40.9 Å². The Morgan fingerprint density at radius 1 is 1.16 bits per heavy atom. The molecule has 0 spiro atoms. The molecule has 3 nitrogen and oxygen atoms in total. The van der Waals surface area contributed by atoms with Crippen LogP contribution in [0.1, 0.15) is 10.4 Å². The maximum absolute atomic E-state index is 13.4. The van der Waals surface area contributed by atoms with E-state index < -0.39 is 23.2 Å². The van der Waals surface area contributed by atoms with Gasteiger partial charge < -0.3 is 10.4 Å². The number of hydrogen-bond donors (Lipinski definition) is 2. The maximum Gasteiger partial charge on any atom is 0.257 e. The van der Waals surface area contributed by atoms with Crippen LogP contribution in [0, 0.1) is 11.6 Å². The summed E-state index contributed by atoms with van der Waals surface area (Å²) in [5.41, 5.74) is -0.453. The molecule has 0 atom stereocenters. The van der Waals surface area contributed by atoms with Gasteiger partial charge in [-0.25, -0.2) is 8.78 Å². The lowest BCUT2D eigenvalue weighted by Gasteiger charge is -2.09. The number of carbonyl (C=O) groups is 1. The van der Waals surface area contributed by atoms with Gasteiger partial charge in [0.1, 0.15) is 23.1 Å². The summed E-state index contributed by atoms with van der Waals surface area (Å²) in [6, 6.07) is 7.31. The number of carbonyl (C=O) groups excluding carboxylic acids is 1. The molecule has 0 saturated heterocycles. The van der Waals surface area contributed by atoms with Gasteiger partial charge in [0.15, 0.2) is 0 Å². The highest BCUT2D eigenvalue weighted by Crippen LogP contribution is 2.24. The van der Waals surface area contributed by atoms with Crippen molar-refractivity contribution in [2.45, 2.75) is 0 Å². The van der Waals surface area contributed by atoms with Gasteiger partial charge in [-0.3, -0.25) is 4.79 Å². The van der Waals surface area contributed by atoms with Gasteiger partial charge in [-0.2, -0.15) is 0 Å². The van der Waals surface area contributed by atoms with Gasteiger partial charge in [-0.1, -0.05) is 6.07 Å². The van der Waals surface area contributed by atoms with Crippen molar-refractivity contribution in [1.82, 2.24) is 0 Å². The maximum atomic E-state index is 13.4. The van der Waals surface area contributed by atoms with Crippen molar-refractivity contribution in [3.8, 4) is 5.75 Å². The average molecular weight is 328 g/mol. The van der Waals surface area contributed by atoms with Crippen LogP contribution < -0.4 is 5.32 Å². The second kappa shape index (κ2) is 5.36. The second-order valence-electron chi connectivity index (χ2n) is 3.71. The molecule has 1 amide bonds. The first-order chi connectivity index (χ1) is 8.99. The normalized spacial score (nSPS) is 10.3. The number of nitrogens with one attached hydrogen (secondary N) is 1. The van der Waals surface area contributed by atoms with E-state index >= 15 is 0 Å². The van der Waals surface area contributed by atoms with Crippen molar-refractivity contribution in [3.63, 3.8) is 0 Å². The lowest BCUT2D eigenvalue weighted by Crippen LogP contribution is -2.14. The molecule has 19 heavy (non-hydrogen) atoms. The first-order valence-corrected chi connectivity index (χ1v) is 6.02. The van der Waals surface area contributed by atoms with Gasteiger partial charge in [0.25, 0.3) is 5.91 Å². The Labute approximate surface area is 116 Å². The van der Waals surface area contributed by atoms with Crippen molar-refractivity contribution in [1.29, 1.82) is 0 Å². The number of hydrogen-bond acceptors (Lipinski definition) is 2. The molecule has 2 aromatic rings. The summed E-state index contributed by atoms with van der Waals surface area (Å²) in [7, 11) is 0. The van der Waals surface area contributed by atoms with Crippen LogP contribution in [0.3, 0.4) is 0 Å². The highest BCUT2D eigenvalue weighted by Gasteiger charge is 2.15. The SMILES string of the molecule is O=C(Nc1c(F)cccc1F)c1cc(O)ccc1Br. The van der Waals surface area contributed by atoms with Crippen LogP contribution in [-0.2, 0) is 0 Å². The molecule has 0 unspecified atom stereocenters. The van der Waals surface area contributed by atoms with Crippen LogP contribution in [0.5, 0.6) is 5.75 Å². The largest absolute Gasteiger partial charge is 0.508 e. The highest BCUT2D eigenvalue weighted by molar-refractivity contribution is 9.10. The zero-order valence-corrected chi connectivity index (χ0v) is 11.0. The van der Waals surface area contributed by atoms with Gasteiger partial charge in [0.05, 0.1) is 5.56 Å². The van der Waals surface area contributed by atoms with Gasteiger partial charge in [0, 0.05) is 4.47 Å². The first-order valence-electron chi connectivity index (χ1n) is 5.23. The van der Waals surface area contributed by atoms with E-state index in [1.165, 1.54) is 24.3 Å². The lowest BCUT2D eigenvalue weighted by atomic mass is 10.2. The number of phenolic OH excluding ortho intramolecular Hbond substituents is 1. The Bertz CT molecular complexity index is 626. The standard InChI is InChI=1S/C13H8BrF2NO2/c14-9-5-4-7(18)6-8(9)13(19)17-12-10(15)2-1-3-11(12)16/h1-6,18H,(H,17,19). The summed E-state index contributed by atoms with van der Waals surface area (Å²) in [5.74, 6) is -2.59. The number of anilines is 1. The van der Waals surface area contributed by atoms with Crippen LogP contribution in [0.2, 0.25) is 0 Å². The predicted molar refractivity (Wildman–Crippen MR) is 70.1 cm³/mol. The molecule has 0 heterocycles. The summed E-state index contributed by atoms with van der Waals surface area (Å²) < 4.78 is 27.2. The summed E-state index contributed by atoms with van der Waals surface area (Å²) in [6.45, 7) is 0.